The molecule has 104 valence electrons. The van der Waals surface area contributed by atoms with E-state index in [0.29, 0.717) is 5.82 Å². The van der Waals surface area contributed by atoms with E-state index in [0.717, 1.165) is 6.07 Å². The van der Waals surface area contributed by atoms with Gasteiger partial charge in [0.2, 0.25) is 0 Å². The molecule has 0 unspecified atom stereocenters. The van der Waals surface area contributed by atoms with Gasteiger partial charge in [0.15, 0.2) is 0 Å². The highest BCUT2D eigenvalue weighted by Crippen LogP contribution is 2.23. The summed E-state index contributed by atoms with van der Waals surface area (Å²) in [5, 5.41) is 22.7. The van der Waals surface area contributed by atoms with Crippen LogP contribution in [0.3, 0.4) is 0 Å². The van der Waals surface area contributed by atoms with Gasteiger partial charge in [-0.25, -0.2) is 9.78 Å². The summed E-state index contributed by atoms with van der Waals surface area (Å²) in [6, 6.07) is 3.57. The third kappa shape index (κ3) is 2.74. The van der Waals surface area contributed by atoms with Gasteiger partial charge in [0, 0.05) is 31.6 Å². The van der Waals surface area contributed by atoms with Crippen molar-refractivity contribution in [3.63, 3.8) is 0 Å². The Balaban J connectivity index is 2.28. The number of anilines is 1. The lowest BCUT2D eigenvalue weighted by atomic mass is 10.1. The Labute approximate surface area is 113 Å². The highest BCUT2D eigenvalue weighted by Gasteiger charge is 2.15. The zero-order chi connectivity index (χ0) is 14.7. The molecule has 0 spiro atoms. The number of carboxylic acid groups (broad SMARTS) is 1. The third-order valence-corrected chi connectivity index (χ3v) is 2.80. The molecule has 0 radical (unpaired) electrons. The number of nitro groups is 1. The van der Waals surface area contributed by atoms with E-state index in [-0.39, 0.29) is 23.5 Å². The third-order valence-electron chi connectivity index (χ3n) is 2.80. The van der Waals surface area contributed by atoms with E-state index in [1.807, 2.05) is 0 Å². The molecule has 0 saturated heterocycles. The van der Waals surface area contributed by atoms with Gasteiger partial charge in [0.25, 0.3) is 5.69 Å². The van der Waals surface area contributed by atoms with Crippen molar-refractivity contribution in [3.05, 3.63) is 52.1 Å². The van der Waals surface area contributed by atoms with Crippen LogP contribution < -0.4 is 5.32 Å². The van der Waals surface area contributed by atoms with Crippen LogP contribution in [0, 0.1) is 10.1 Å². The molecule has 8 nitrogen and oxygen atoms in total. The van der Waals surface area contributed by atoms with E-state index in [9.17, 15) is 14.9 Å². The summed E-state index contributed by atoms with van der Waals surface area (Å²) < 4.78 is 1.77. The molecule has 20 heavy (non-hydrogen) atoms. The summed E-state index contributed by atoms with van der Waals surface area (Å²) in [6.45, 7) is 0.269. The molecule has 0 fully saturated rings. The number of non-ortho nitro benzene ring substituents is 1. The van der Waals surface area contributed by atoms with Crippen LogP contribution in [0.1, 0.15) is 16.2 Å². The molecule has 2 N–H and O–H groups in total. The van der Waals surface area contributed by atoms with E-state index < -0.39 is 10.9 Å². The predicted octanol–water partition coefficient (Wildman–Crippen LogP) is 1.64. The van der Waals surface area contributed by atoms with Gasteiger partial charge in [0.1, 0.15) is 5.82 Å². The first kappa shape index (κ1) is 13.5. The summed E-state index contributed by atoms with van der Waals surface area (Å²) in [5.41, 5.74) is -0.00292. The van der Waals surface area contributed by atoms with Gasteiger partial charge in [-0.2, -0.15) is 0 Å². The van der Waals surface area contributed by atoms with E-state index >= 15 is 0 Å². The lowest BCUT2D eigenvalue weighted by Gasteiger charge is -2.09. The Hall–Kier alpha value is -2.90. The maximum Gasteiger partial charge on any atom is 0.337 e. The number of imidazole rings is 1. The Bertz CT molecular complexity index is 665. The summed E-state index contributed by atoms with van der Waals surface area (Å²) in [5.74, 6) is -0.463. The first-order valence-corrected chi connectivity index (χ1v) is 5.71. The molecule has 1 aromatic carbocycles. The van der Waals surface area contributed by atoms with Gasteiger partial charge >= 0.3 is 5.97 Å². The highest BCUT2D eigenvalue weighted by molar-refractivity contribution is 5.94. The summed E-state index contributed by atoms with van der Waals surface area (Å²) in [7, 11) is 1.80. The number of nitro benzene ring substituents is 1. The van der Waals surface area contributed by atoms with Crippen molar-refractivity contribution in [2.24, 2.45) is 7.05 Å². The van der Waals surface area contributed by atoms with Gasteiger partial charge in [-0.3, -0.25) is 10.1 Å². The fourth-order valence-electron chi connectivity index (χ4n) is 1.72. The second-order valence-electron chi connectivity index (χ2n) is 4.10. The number of benzene rings is 1. The van der Waals surface area contributed by atoms with Crippen molar-refractivity contribution in [3.8, 4) is 0 Å². The highest BCUT2D eigenvalue weighted by atomic mass is 16.6. The van der Waals surface area contributed by atoms with Crippen LogP contribution in [-0.4, -0.2) is 25.6 Å². The lowest BCUT2D eigenvalue weighted by Crippen LogP contribution is -2.09. The van der Waals surface area contributed by atoms with Crippen LogP contribution in [0.2, 0.25) is 0 Å². The zero-order valence-electron chi connectivity index (χ0n) is 10.6. The first-order chi connectivity index (χ1) is 9.49. The van der Waals surface area contributed by atoms with Crippen molar-refractivity contribution in [1.29, 1.82) is 0 Å². The SMILES string of the molecule is Cn1ccnc1CNc1cc([N+](=O)[O-])ccc1C(=O)O. The largest absolute Gasteiger partial charge is 0.478 e. The number of carboxylic acids is 1. The monoisotopic (exact) mass is 276 g/mol. The van der Waals surface area contributed by atoms with Crippen LogP contribution in [0.25, 0.3) is 0 Å². The molecule has 8 heteroatoms. The van der Waals surface area contributed by atoms with Crippen molar-refractivity contribution in [1.82, 2.24) is 9.55 Å². The molecule has 0 aliphatic rings. The average Bonchev–Trinajstić information content (AvgIpc) is 2.81. The smallest absolute Gasteiger partial charge is 0.337 e. The number of rotatable bonds is 5. The molecule has 0 amide bonds. The van der Waals surface area contributed by atoms with Gasteiger partial charge < -0.3 is 15.0 Å². The Morgan fingerprint density at radius 1 is 1.55 bits per heavy atom. The van der Waals surface area contributed by atoms with Crippen LogP contribution >= 0.6 is 0 Å². The second-order valence-corrected chi connectivity index (χ2v) is 4.10. The van der Waals surface area contributed by atoms with Crippen molar-refractivity contribution < 1.29 is 14.8 Å². The minimum atomic E-state index is -1.15. The van der Waals surface area contributed by atoms with Gasteiger partial charge in [-0.15, -0.1) is 0 Å². The van der Waals surface area contributed by atoms with E-state index in [1.165, 1.54) is 12.1 Å². The quantitative estimate of drug-likeness (QED) is 0.634. The summed E-state index contributed by atoms with van der Waals surface area (Å²) >= 11 is 0. The maximum atomic E-state index is 11.1. The fourth-order valence-corrected chi connectivity index (χ4v) is 1.72. The van der Waals surface area contributed by atoms with E-state index in [1.54, 1.807) is 24.0 Å². The molecule has 1 aromatic heterocycles. The summed E-state index contributed by atoms with van der Waals surface area (Å²) in [4.78, 5) is 25.3. The number of aryl methyl sites for hydroxylation is 1. The normalized spacial score (nSPS) is 10.2. The van der Waals surface area contributed by atoms with Gasteiger partial charge in [0.05, 0.1) is 22.7 Å². The Kier molecular flexibility index (Phi) is 3.65. The maximum absolute atomic E-state index is 11.1. The molecule has 0 saturated carbocycles. The number of hydrogen-bond acceptors (Lipinski definition) is 5. The van der Waals surface area contributed by atoms with Crippen LogP contribution in [0.4, 0.5) is 11.4 Å². The van der Waals surface area contributed by atoms with Crippen LogP contribution in [0.15, 0.2) is 30.6 Å². The van der Waals surface area contributed by atoms with Crippen LogP contribution in [-0.2, 0) is 13.6 Å². The number of aromatic nitrogens is 2. The molecule has 0 bridgehead atoms. The van der Waals surface area contributed by atoms with Crippen molar-refractivity contribution >= 4 is 17.3 Å². The molecule has 1 heterocycles. The van der Waals surface area contributed by atoms with Gasteiger partial charge in [-0.1, -0.05) is 0 Å². The minimum Gasteiger partial charge on any atom is -0.478 e. The molecule has 0 aliphatic carbocycles. The Morgan fingerprint density at radius 2 is 2.30 bits per heavy atom. The lowest BCUT2D eigenvalue weighted by molar-refractivity contribution is -0.384. The number of carbonyl (C=O) groups is 1. The van der Waals surface area contributed by atoms with Crippen LogP contribution in [0.5, 0.6) is 0 Å². The molecule has 2 rings (SSSR count). The number of nitrogens with one attached hydrogen (secondary N) is 1. The van der Waals surface area contributed by atoms with Crippen molar-refractivity contribution in [2.75, 3.05) is 5.32 Å². The van der Waals surface area contributed by atoms with E-state index in [2.05, 4.69) is 10.3 Å². The minimum absolute atomic E-state index is 0.0233. The van der Waals surface area contributed by atoms with E-state index in [4.69, 9.17) is 5.11 Å². The standard InChI is InChI=1S/C12H12N4O4/c1-15-5-4-13-11(15)7-14-10-6-8(16(19)20)2-3-9(10)12(17)18/h2-6,14H,7H2,1H3,(H,17,18). The Morgan fingerprint density at radius 3 is 2.85 bits per heavy atom. The number of nitrogens with zero attached hydrogens (tertiary/aromatic N) is 3. The molecule has 0 atom stereocenters. The molecule has 0 aliphatic heterocycles. The topological polar surface area (TPSA) is 110 Å². The first-order valence-electron chi connectivity index (χ1n) is 5.71. The fraction of sp³-hybridized carbons (Fsp3) is 0.167. The molecule has 2 aromatic rings. The number of aromatic carboxylic acids is 1. The zero-order valence-corrected chi connectivity index (χ0v) is 10.6. The molecular formula is C12H12N4O4. The molecular weight excluding hydrogens is 264 g/mol. The van der Waals surface area contributed by atoms with Crippen molar-refractivity contribution in [2.45, 2.75) is 6.54 Å². The number of hydrogen-bond donors (Lipinski definition) is 2. The predicted molar refractivity (Wildman–Crippen MR) is 70.6 cm³/mol. The second kappa shape index (κ2) is 5.39. The average molecular weight is 276 g/mol. The van der Waals surface area contributed by atoms with Gasteiger partial charge in [-0.05, 0) is 6.07 Å². The summed E-state index contributed by atoms with van der Waals surface area (Å²) in [6.07, 6.45) is 3.37.